The molecule has 0 bridgehead atoms. The average Bonchev–Trinajstić information content (AvgIpc) is 3.06. The highest BCUT2D eigenvalue weighted by molar-refractivity contribution is 5.69. The predicted molar refractivity (Wildman–Crippen MR) is 118 cm³/mol. The van der Waals surface area contributed by atoms with E-state index in [9.17, 15) is 15.0 Å². The lowest BCUT2D eigenvalue weighted by atomic mass is 9.42. The number of carbonyl (C=O) groups excluding carboxylic acids is 1. The van der Waals surface area contributed by atoms with Crippen LogP contribution in [0, 0.1) is 52.3 Å². The zero-order valence-corrected chi connectivity index (χ0v) is 19.8. The van der Waals surface area contributed by atoms with E-state index < -0.39 is 0 Å². The monoisotopic (exact) mass is 420 g/mol. The Bertz CT molecular complexity index is 649. The normalized spacial score (nSPS) is 51.4. The second-order valence-corrected chi connectivity index (χ2v) is 12.1. The lowest BCUT2D eigenvalue weighted by molar-refractivity contribution is -0.203. The summed E-state index contributed by atoms with van der Waals surface area (Å²) in [6.07, 6.45) is 8.53. The van der Waals surface area contributed by atoms with E-state index in [0.29, 0.717) is 41.9 Å². The van der Waals surface area contributed by atoms with E-state index in [0.717, 1.165) is 38.0 Å². The Morgan fingerprint density at radius 2 is 1.83 bits per heavy atom. The summed E-state index contributed by atoms with van der Waals surface area (Å²) in [6, 6.07) is 0. The van der Waals surface area contributed by atoms with Crippen molar-refractivity contribution in [1.82, 2.24) is 0 Å². The summed E-state index contributed by atoms with van der Waals surface area (Å²) in [6.45, 7) is 9.39. The van der Waals surface area contributed by atoms with Gasteiger partial charge in [0, 0.05) is 6.42 Å². The average molecular weight is 421 g/mol. The molecule has 4 fully saturated rings. The summed E-state index contributed by atoms with van der Waals surface area (Å²) in [4.78, 5) is 11.7. The lowest BCUT2D eigenvalue weighted by Crippen LogP contribution is -2.62. The summed E-state index contributed by atoms with van der Waals surface area (Å²) in [5, 5.41) is 23.0. The summed E-state index contributed by atoms with van der Waals surface area (Å²) in [5.74, 6) is 3.17. The first-order valence-corrected chi connectivity index (χ1v) is 12.6. The minimum absolute atomic E-state index is 0.140. The minimum atomic E-state index is -0.307. The number of rotatable bonds is 4. The van der Waals surface area contributed by atoms with Gasteiger partial charge < -0.3 is 14.9 Å². The van der Waals surface area contributed by atoms with Crippen LogP contribution in [0.5, 0.6) is 0 Å². The molecule has 0 saturated heterocycles. The molecule has 4 nitrogen and oxygen atoms in total. The fourth-order valence-electron chi connectivity index (χ4n) is 9.02. The molecule has 0 spiro atoms. The van der Waals surface area contributed by atoms with Gasteiger partial charge in [0.25, 0.3) is 0 Å². The van der Waals surface area contributed by atoms with E-state index in [4.69, 9.17) is 4.74 Å². The Hall–Kier alpha value is -0.610. The van der Waals surface area contributed by atoms with Crippen molar-refractivity contribution in [3.05, 3.63) is 0 Å². The van der Waals surface area contributed by atoms with E-state index in [2.05, 4.69) is 27.7 Å². The maximum Gasteiger partial charge on any atom is 0.305 e. The van der Waals surface area contributed by atoms with Gasteiger partial charge in [0.15, 0.2) is 0 Å². The third-order valence-corrected chi connectivity index (χ3v) is 10.8. The fraction of sp³-hybridized carbons (Fsp3) is 0.962. The van der Waals surface area contributed by atoms with Crippen molar-refractivity contribution >= 4 is 5.97 Å². The number of aliphatic hydroxyl groups is 2. The highest BCUT2D eigenvalue weighted by atomic mass is 16.5. The van der Waals surface area contributed by atoms with Gasteiger partial charge in [-0.1, -0.05) is 34.1 Å². The first-order valence-electron chi connectivity index (χ1n) is 12.6. The smallest absolute Gasteiger partial charge is 0.305 e. The number of methoxy groups -OCH3 is 1. The Kier molecular flexibility index (Phi) is 6.07. The van der Waals surface area contributed by atoms with Crippen molar-refractivity contribution in [1.29, 1.82) is 0 Å². The molecule has 0 aromatic rings. The van der Waals surface area contributed by atoms with Crippen molar-refractivity contribution in [2.75, 3.05) is 7.11 Å². The van der Waals surface area contributed by atoms with Gasteiger partial charge >= 0.3 is 5.97 Å². The maximum absolute atomic E-state index is 11.7. The molecule has 5 unspecified atom stereocenters. The van der Waals surface area contributed by atoms with E-state index in [1.165, 1.54) is 26.4 Å². The van der Waals surface area contributed by atoms with Crippen LogP contribution in [-0.2, 0) is 9.53 Å². The summed E-state index contributed by atoms with van der Waals surface area (Å²) in [5.41, 5.74) is 0.121. The molecule has 172 valence electrons. The zero-order valence-electron chi connectivity index (χ0n) is 19.8. The van der Waals surface area contributed by atoms with Crippen LogP contribution in [0.4, 0.5) is 0 Å². The highest BCUT2D eigenvalue weighted by Gasteiger charge is 2.65. The zero-order chi connectivity index (χ0) is 21.8. The number of hydrogen-bond acceptors (Lipinski definition) is 4. The Balaban J connectivity index is 1.58. The Labute approximate surface area is 183 Å². The van der Waals surface area contributed by atoms with Gasteiger partial charge in [0.1, 0.15) is 0 Å². The second-order valence-electron chi connectivity index (χ2n) is 12.1. The van der Waals surface area contributed by atoms with Crippen molar-refractivity contribution in [2.45, 2.75) is 97.7 Å². The van der Waals surface area contributed by atoms with Crippen molar-refractivity contribution < 1.29 is 19.7 Å². The van der Waals surface area contributed by atoms with Crippen molar-refractivity contribution in [2.24, 2.45) is 52.3 Å². The van der Waals surface area contributed by atoms with Gasteiger partial charge in [-0.3, -0.25) is 4.79 Å². The fourth-order valence-corrected chi connectivity index (χ4v) is 9.02. The molecule has 4 rings (SSSR count). The predicted octanol–water partition coefficient (Wildman–Crippen LogP) is 4.81. The van der Waals surface area contributed by atoms with Crippen LogP contribution in [0.25, 0.3) is 0 Å². The van der Waals surface area contributed by atoms with E-state index >= 15 is 0 Å². The third-order valence-electron chi connectivity index (χ3n) is 10.8. The molecule has 0 aromatic heterocycles. The molecule has 4 heteroatoms. The van der Waals surface area contributed by atoms with Gasteiger partial charge in [-0.05, 0) is 97.2 Å². The molecule has 4 saturated carbocycles. The SMILES string of the molecule is COC(=O)CCC(C)C1CCC2C3C(C[C@H](O)[C@]12C)[C@@]1(C)CC[C@@H](C)C[C@H]1C[C@H]3O. The molecule has 2 N–H and O–H groups in total. The van der Waals surface area contributed by atoms with Crippen LogP contribution < -0.4 is 0 Å². The molecule has 30 heavy (non-hydrogen) atoms. The molecule has 0 amide bonds. The first kappa shape index (κ1) is 22.6. The maximum atomic E-state index is 11.7. The molecule has 0 radical (unpaired) electrons. The molecule has 0 aliphatic heterocycles. The first-order chi connectivity index (χ1) is 14.1. The molecular weight excluding hydrogens is 376 g/mol. The van der Waals surface area contributed by atoms with Crippen molar-refractivity contribution in [3.8, 4) is 0 Å². The standard InChI is InChI=1S/C26H44O4/c1-15-10-11-25(3)17(12-15)13-21(27)24-19-8-7-18(16(2)6-9-23(29)30-5)26(19,4)22(28)14-20(24)25/h15-22,24,27-28H,6-14H2,1-5H3/t15-,16?,17+,18?,19?,20?,21-,22+,24?,25+,26-/m1/s1. The van der Waals surface area contributed by atoms with Gasteiger partial charge in [0.05, 0.1) is 19.3 Å². The number of ether oxygens (including phenoxy) is 1. The number of esters is 1. The molecule has 4 aliphatic rings. The Morgan fingerprint density at radius 3 is 2.53 bits per heavy atom. The highest BCUT2D eigenvalue weighted by Crippen LogP contribution is 2.68. The lowest BCUT2D eigenvalue weighted by Gasteiger charge is -2.63. The van der Waals surface area contributed by atoms with E-state index in [1.807, 2.05) is 0 Å². The van der Waals surface area contributed by atoms with Crippen molar-refractivity contribution in [3.63, 3.8) is 0 Å². The summed E-state index contributed by atoms with van der Waals surface area (Å²) in [7, 11) is 1.45. The molecule has 0 aromatic carbocycles. The number of hydrogen-bond donors (Lipinski definition) is 2. The van der Waals surface area contributed by atoms with Crippen LogP contribution in [-0.4, -0.2) is 35.5 Å². The van der Waals surface area contributed by atoms with Crippen LogP contribution in [0.2, 0.25) is 0 Å². The summed E-state index contributed by atoms with van der Waals surface area (Å²) >= 11 is 0. The van der Waals surface area contributed by atoms with Gasteiger partial charge in [-0.2, -0.15) is 0 Å². The summed E-state index contributed by atoms with van der Waals surface area (Å²) < 4.78 is 4.85. The van der Waals surface area contributed by atoms with Gasteiger partial charge in [-0.25, -0.2) is 0 Å². The minimum Gasteiger partial charge on any atom is -0.469 e. The molecule has 0 heterocycles. The van der Waals surface area contributed by atoms with Crippen LogP contribution in [0.3, 0.4) is 0 Å². The molecule has 4 aliphatic carbocycles. The van der Waals surface area contributed by atoms with Gasteiger partial charge in [-0.15, -0.1) is 0 Å². The number of aliphatic hydroxyl groups excluding tert-OH is 2. The van der Waals surface area contributed by atoms with Gasteiger partial charge in [0.2, 0.25) is 0 Å². The largest absolute Gasteiger partial charge is 0.469 e. The van der Waals surface area contributed by atoms with Crippen LogP contribution in [0.15, 0.2) is 0 Å². The quantitative estimate of drug-likeness (QED) is 0.640. The third kappa shape index (κ3) is 3.36. The van der Waals surface area contributed by atoms with Crippen LogP contribution >= 0.6 is 0 Å². The molecule has 11 atom stereocenters. The topological polar surface area (TPSA) is 66.8 Å². The van der Waals surface area contributed by atoms with Crippen LogP contribution in [0.1, 0.15) is 85.5 Å². The Morgan fingerprint density at radius 1 is 1.10 bits per heavy atom. The number of fused-ring (bicyclic) bond motifs is 5. The van der Waals surface area contributed by atoms with E-state index in [-0.39, 0.29) is 29.0 Å². The number of carbonyl (C=O) groups is 1. The second kappa shape index (κ2) is 8.06. The van der Waals surface area contributed by atoms with E-state index in [1.54, 1.807) is 0 Å². The molecular formula is C26H44O4.